The third-order valence-electron chi connectivity index (χ3n) is 5.18. The van der Waals surface area contributed by atoms with Gasteiger partial charge in [0.05, 0.1) is 11.9 Å². The van der Waals surface area contributed by atoms with Crippen molar-refractivity contribution in [2.75, 3.05) is 13.1 Å². The van der Waals surface area contributed by atoms with Crippen molar-refractivity contribution in [3.63, 3.8) is 0 Å². The van der Waals surface area contributed by atoms with Crippen LogP contribution in [0.5, 0.6) is 0 Å². The highest BCUT2D eigenvalue weighted by atomic mass is 16.1. The molecule has 0 fully saturated rings. The van der Waals surface area contributed by atoms with Crippen LogP contribution < -0.4 is 5.32 Å². The Bertz CT molecular complexity index is 900. The van der Waals surface area contributed by atoms with Crippen molar-refractivity contribution in [2.45, 2.75) is 39.8 Å². The number of hydrogen-bond acceptors (Lipinski definition) is 3. The lowest BCUT2D eigenvalue weighted by Gasteiger charge is -2.20. The Morgan fingerprint density at radius 3 is 2.41 bits per heavy atom. The van der Waals surface area contributed by atoms with E-state index in [4.69, 9.17) is 0 Å². The summed E-state index contributed by atoms with van der Waals surface area (Å²) in [7, 11) is 0. The summed E-state index contributed by atoms with van der Waals surface area (Å²) < 4.78 is 1.84. The molecule has 1 heterocycles. The van der Waals surface area contributed by atoms with Gasteiger partial charge in [-0.3, -0.25) is 9.69 Å². The molecule has 2 aromatic carbocycles. The zero-order valence-electron chi connectivity index (χ0n) is 17.3. The van der Waals surface area contributed by atoms with E-state index in [1.165, 1.54) is 11.1 Å². The molecule has 0 unspecified atom stereocenters. The summed E-state index contributed by atoms with van der Waals surface area (Å²) in [6.07, 6.45) is 4.96. The Morgan fingerprint density at radius 1 is 1.00 bits per heavy atom. The van der Waals surface area contributed by atoms with Gasteiger partial charge in [0, 0.05) is 25.7 Å². The Kier molecular flexibility index (Phi) is 7.59. The van der Waals surface area contributed by atoms with Crippen molar-refractivity contribution >= 4 is 5.91 Å². The summed E-state index contributed by atoms with van der Waals surface area (Å²) in [5.74, 6) is 0.0649. The monoisotopic (exact) mass is 390 g/mol. The molecule has 1 amide bonds. The van der Waals surface area contributed by atoms with Crippen LogP contribution in [0.2, 0.25) is 0 Å². The number of aryl methyl sites for hydroxylation is 1. The fourth-order valence-corrected chi connectivity index (χ4v) is 3.32. The van der Waals surface area contributed by atoms with E-state index in [1.807, 2.05) is 53.5 Å². The van der Waals surface area contributed by atoms with Gasteiger partial charge in [-0.1, -0.05) is 56.3 Å². The fourth-order valence-electron chi connectivity index (χ4n) is 3.32. The molecule has 0 spiro atoms. The first-order valence-electron chi connectivity index (χ1n) is 10.3. The molecule has 0 radical (unpaired) electrons. The first kappa shape index (κ1) is 20.8. The molecule has 1 N–H and O–H groups in total. The molecule has 1 aromatic heterocycles. The summed E-state index contributed by atoms with van der Waals surface area (Å²) in [5.41, 5.74) is 4.55. The normalized spacial score (nSPS) is 11.0. The number of benzene rings is 2. The van der Waals surface area contributed by atoms with Crippen LogP contribution in [0.15, 0.2) is 67.0 Å². The van der Waals surface area contributed by atoms with Gasteiger partial charge in [0.25, 0.3) is 0 Å². The molecule has 0 atom stereocenters. The second kappa shape index (κ2) is 10.6. The van der Waals surface area contributed by atoms with Gasteiger partial charge in [0.15, 0.2) is 0 Å². The molecule has 29 heavy (non-hydrogen) atoms. The molecule has 152 valence electrons. The van der Waals surface area contributed by atoms with Gasteiger partial charge < -0.3 is 5.32 Å². The van der Waals surface area contributed by atoms with Gasteiger partial charge in [0.2, 0.25) is 5.91 Å². The number of nitrogens with one attached hydrogen (secondary N) is 1. The van der Waals surface area contributed by atoms with Crippen LogP contribution in [0.25, 0.3) is 5.69 Å². The third-order valence-corrected chi connectivity index (χ3v) is 5.18. The minimum Gasteiger partial charge on any atom is -0.352 e. The molecule has 0 saturated carbocycles. The summed E-state index contributed by atoms with van der Waals surface area (Å²) in [5, 5.41) is 7.47. The molecule has 0 aliphatic heterocycles. The van der Waals surface area contributed by atoms with Crippen LogP contribution in [0.3, 0.4) is 0 Å². The summed E-state index contributed by atoms with van der Waals surface area (Å²) in [4.78, 5) is 14.7. The van der Waals surface area contributed by atoms with Crippen LogP contribution in [-0.4, -0.2) is 33.7 Å². The highest BCUT2D eigenvalue weighted by Gasteiger charge is 2.09. The van der Waals surface area contributed by atoms with Crippen molar-refractivity contribution in [3.8, 4) is 5.69 Å². The Balaban J connectivity index is 1.50. The quantitative estimate of drug-likeness (QED) is 0.570. The first-order valence-corrected chi connectivity index (χ1v) is 10.3. The minimum atomic E-state index is 0.0649. The van der Waals surface area contributed by atoms with Crippen molar-refractivity contribution < 1.29 is 4.79 Å². The van der Waals surface area contributed by atoms with Crippen molar-refractivity contribution in [2.24, 2.45) is 0 Å². The molecular weight excluding hydrogens is 360 g/mol. The summed E-state index contributed by atoms with van der Waals surface area (Å²) in [6.45, 7) is 7.88. The van der Waals surface area contributed by atoms with E-state index in [0.717, 1.165) is 30.9 Å². The number of nitrogens with zero attached hydrogens (tertiary/aromatic N) is 3. The van der Waals surface area contributed by atoms with Crippen LogP contribution in [0, 0.1) is 0 Å². The number of carbonyl (C=O) groups is 1. The second-order valence-corrected chi connectivity index (χ2v) is 7.14. The lowest BCUT2D eigenvalue weighted by molar-refractivity contribution is -0.121. The summed E-state index contributed by atoms with van der Waals surface area (Å²) in [6, 6.07) is 18.3. The molecule has 0 saturated heterocycles. The van der Waals surface area contributed by atoms with E-state index in [9.17, 15) is 4.79 Å². The fraction of sp³-hybridized carbons (Fsp3) is 0.333. The van der Waals surface area contributed by atoms with Crippen LogP contribution in [0.1, 0.15) is 37.0 Å². The van der Waals surface area contributed by atoms with Crippen LogP contribution in [-0.2, 0) is 24.3 Å². The molecule has 3 aromatic rings. The van der Waals surface area contributed by atoms with E-state index < -0.39 is 0 Å². The van der Waals surface area contributed by atoms with E-state index >= 15 is 0 Å². The average Bonchev–Trinajstić information content (AvgIpc) is 3.25. The first-order chi connectivity index (χ1) is 14.2. The maximum atomic E-state index is 12.4. The van der Waals surface area contributed by atoms with Gasteiger partial charge in [-0.05, 0) is 48.3 Å². The number of aromatic nitrogens is 2. The van der Waals surface area contributed by atoms with Crippen molar-refractivity contribution in [1.82, 2.24) is 20.0 Å². The Hall–Kier alpha value is -2.92. The maximum Gasteiger partial charge on any atom is 0.220 e. The number of hydrogen-bond donors (Lipinski definition) is 1. The minimum absolute atomic E-state index is 0.0649. The SMILES string of the molecule is CCN(CC)Cc1ccccc1CNC(=O)CCc1cnn(-c2ccccc2)c1. The number of rotatable bonds is 10. The molecular formula is C24H30N4O. The van der Waals surface area contributed by atoms with E-state index in [0.29, 0.717) is 19.4 Å². The van der Waals surface area contributed by atoms with Gasteiger partial charge in [0.1, 0.15) is 0 Å². The van der Waals surface area contributed by atoms with Crippen LogP contribution >= 0.6 is 0 Å². The van der Waals surface area contributed by atoms with Gasteiger partial charge in [-0.15, -0.1) is 0 Å². The maximum absolute atomic E-state index is 12.4. The molecule has 3 rings (SSSR count). The average molecular weight is 391 g/mol. The zero-order chi connectivity index (χ0) is 20.5. The second-order valence-electron chi connectivity index (χ2n) is 7.14. The predicted octanol–water partition coefficient (Wildman–Crippen LogP) is 3.96. The number of amides is 1. The molecule has 0 aliphatic carbocycles. The van der Waals surface area contributed by atoms with Gasteiger partial charge >= 0.3 is 0 Å². The van der Waals surface area contributed by atoms with E-state index in [-0.39, 0.29) is 5.91 Å². The van der Waals surface area contributed by atoms with Crippen LogP contribution in [0.4, 0.5) is 0 Å². The highest BCUT2D eigenvalue weighted by molar-refractivity contribution is 5.76. The lowest BCUT2D eigenvalue weighted by atomic mass is 10.1. The summed E-state index contributed by atoms with van der Waals surface area (Å²) >= 11 is 0. The zero-order valence-corrected chi connectivity index (χ0v) is 17.3. The van der Waals surface area contributed by atoms with Gasteiger partial charge in [-0.2, -0.15) is 5.10 Å². The third kappa shape index (κ3) is 6.03. The predicted molar refractivity (Wildman–Crippen MR) is 117 cm³/mol. The topological polar surface area (TPSA) is 50.2 Å². The van der Waals surface area contributed by atoms with Crippen molar-refractivity contribution in [3.05, 3.63) is 83.7 Å². The molecule has 0 aliphatic rings. The smallest absolute Gasteiger partial charge is 0.220 e. The number of para-hydroxylation sites is 1. The van der Waals surface area contributed by atoms with Crippen molar-refractivity contribution in [1.29, 1.82) is 0 Å². The Morgan fingerprint density at radius 2 is 1.69 bits per heavy atom. The molecule has 0 bridgehead atoms. The van der Waals surface area contributed by atoms with Gasteiger partial charge in [-0.25, -0.2) is 4.68 Å². The largest absolute Gasteiger partial charge is 0.352 e. The number of carbonyl (C=O) groups excluding carboxylic acids is 1. The molecule has 5 nitrogen and oxygen atoms in total. The standard InChI is InChI=1S/C24H30N4O/c1-3-27(4-2)19-22-11-9-8-10-21(22)17-25-24(29)15-14-20-16-26-28(18-20)23-12-6-5-7-13-23/h5-13,16,18H,3-4,14-15,17,19H2,1-2H3,(H,25,29). The van der Waals surface area contributed by atoms with E-state index in [1.54, 1.807) is 0 Å². The van der Waals surface area contributed by atoms with E-state index in [2.05, 4.69) is 47.4 Å². The lowest BCUT2D eigenvalue weighted by Crippen LogP contribution is -2.26. The highest BCUT2D eigenvalue weighted by Crippen LogP contribution is 2.12. The Labute approximate surface area is 173 Å². The molecule has 5 heteroatoms.